The summed E-state index contributed by atoms with van der Waals surface area (Å²) in [5, 5.41) is 4.63. The molecule has 5 rings (SSSR count). The second-order valence-electron chi connectivity index (χ2n) is 16.3. The Morgan fingerprint density at radius 3 is 1.02 bits per heavy atom. The van der Waals surface area contributed by atoms with Gasteiger partial charge in [0.1, 0.15) is 0 Å². The van der Waals surface area contributed by atoms with Gasteiger partial charge in [-0.1, -0.05) is 186 Å². The molecule has 48 heavy (non-hydrogen) atoms. The van der Waals surface area contributed by atoms with E-state index < -0.39 is 8.07 Å². The molecular formula is C47H60Si. The highest BCUT2D eigenvalue weighted by Gasteiger charge is 2.49. The van der Waals surface area contributed by atoms with Crippen molar-refractivity contribution in [3.8, 4) is 0 Å². The van der Waals surface area contributed by atoms with Gasteiger partial charge in [-0.3, -0.25) is 0 Å². The number of benzene rings is 4. The van der Waals surface area contributed by atoms with E-state index in [1.165, 1.54) is 44.5 Å². The van der Waals surface area contributed by atoms with Gasteiger partial charge in [0.2, 0.25) is 0 Å². The smallest absolute Gasteiger partial charge is 0.0787 e. The molecule has 4 aromatic carbocycles. The lowest BCUT2D eigenvalue weighted by Gasteiger charge is -2.42. The van der Waals surface area contributed by atoms with Crippen LogP contribution in [0, 0.1) is 0 Å². The molecule has 0 bridgehead atoms. The molecule has 1 heteroatoms. The van der Waals surface area contributed by atoms with Crippen molar-refractivity contribution in [2.45, 2.75) is 124 Å². The van der Waals surface area contributed by atoms with Crippen molar-refractivity contribution in [3.63, 3.8) is 0 Å². The second kappa shape index (κ2) is 14.6. The van der Waals surface area contributed by atoms with Gasteiger partial charge in [-0.25, -0.2) is 0 Å². The maximum Gasteiger partial charge on any atom is 0.159 e. The maximum absolute atomic E-state index is 2.86. The van der Waals surface area contributed by atoms with Crippen LogP contribution in [0.5, 0.6) is 0 Å². The first-order chi connectivity index (χ1) is 22.7. The summed E-state index contributed by atoms with van der Waals surface area (Å²) in [6.07, 6.45) is 7.35. The molecule has 1 atom stereocenters. The van der Waals surface area contributed by atoms with Crippen molar-refractivity contribution in [2.75, 3.05) is 0 Å². The van der Waals surface area contributed by atoms with E-state index in [2.05, 4.69) is 186 Å². The van der Waals surface area contributed by atoms with E-state index in [1.54, 1.807) is 15.6 Å². The van der Waals surface area contributed by atoms with E-state index in [9.17, 15) is 0 Å². The molecule has 0 aliphatic heterocycles. The Kier molecular flexibility index (Phi) is 10.9. The lowest BCUT2D eigenvalue weighted by Crippen LogP contribution is -2.70. The summed E-state index contributed by atoms with van der Waals surface area (Å²) in [5.41, 5.74) is 11.7. The Morgan fingerprint density at radius 1 is 0.417 bits per heavy atom. The van der Waals surface area contributed by atoms with Crippen LogP contribution in [0.15, 0.2) is 103 Å². The number of hydrogen-bond donors (Lipinski definition) is 0. The molecule has 0 N–H and O–H groups in total. The van der Waals surface area contributed by atoms with Crippen LogP contribution in [0.25, 0.3) is 5.57 Å². The number of hydrogen-bond acceptors (Lipinski definition) is 0. The Bertz CT molecular complexity index is 1550. The average Bonchev–Trinajstić information content (AvgIpc) is 3.55. The van der Waals surface area contributed by atoms with Crippen molar-refractivity contribution in [2.24, 2.45) is 0 Å². The van der Waals surface area contributed by atoms with Crippen molar-refractivity contribution in [1.29, 1.82) is 0 Å². The number of allylic oxidation sites excluding steroid dienone is 4. The SMILES string of the molecule is CC(C)c1cc(C(C)C)cc([Si](c2cc(C(C)C)cc(C(C)C)c2)(c2cc(C(C)C)cc(C(C)C)c2)C2C=CC=C2c2ccccc2)c1. The third-order valence-corrected chi connectivity index (χ3v) is 15.8. The Labute approximate surface area is 294 Å². The summed E-state index contributed by atoms with van der Waals surface area (Å²) in [7, 11) is -2.86. The molecule has 0 spiro atoms. The fourth-order valence-electron chi connectivity index (χ4n) is 7.51. The lowest BCUT2D eigenvalue weighted by molar-refractivity contribution is 0.834. The van der Waals surface area contributed by atoms with E-state index in [0.717, 1.165) is 0 Å². The summed E-state index contributed by atoms with van der Waals surface area (Å²) >= 11 is 0. The molecule has 252 valence electrons. The quantitative estimate of drug-likeness (QED) is 0.112. The van der Waals surface area contributed by atoms with Crippen molar-refractivity contribution >= 4 is 29.2 Å². The summed E-state index contributed by atoms with van der Waals surface area (Å²) in [4.78, 5) is 0. The third-order valence-electron chi connectivity index (χ3n) is 10.8. The van der Waals surface area contributed by atoms with Gasteiger partial charge < -0.3 is 0 Å². The van der Waals surface area contributed by atoms with Crippen molar-refractivity contribution in [1.82, 2.24) is 0 Å². The molecule has 0 nitrogen and oxygen atoms in total. The van der Waals surface area contributed by atoms with Gasteiger partial charge in [0.25, 0.3) is 0 Å². The van der Waals surface area contributed by atoms with Crippen LogP contribution in [0.2, 0.25) is 5.54 Å². The van der Waals surface area contributed by atoms with Crippen LogP contribution >= 0.6 is 0 Å². The fraction of sp³-hybridized carbons (Fsp3) is 0.404. The molecule has 0 fully saturated rings. The predicted molar refractivity (Wildman–Crippen MR) is 216 cm³/mol. The first kappa shape index (κ1) is 35.9. The fourth-order valence-corrected chi connectivity index (χ4v) is 13.1. The Morgan fingerprint density at radius 2 is 0.729 bits per heavy atom. The van der Waals surface area contributed by atoms with Crippen LogP contribution in [0.1, 0.15) is 158 Å². The highest BCUT2D eigenvalue weighted by Crippen LogP contribution is 2.42. The van der Waals surface area contributed by atoms with Crippen molar-refractivity contribution < 1.29 is 0 Å². The topological polar surface area (TPSA) is 0 Å². The van der Waals surface area contributed by atoms with Gasteiger partial charge in [-0.2, -0.15) is 0 Å². The monoisotopic (exact) mass is 652 g/mol. The molecule has 0 aromatic heterocycles. The molecule has 0 heterocycles. The van der Waals surface area contributed by atoms with Gasteiger partial charge in [-0.05, 0) is 95.6 Å². The first-order valence-electron chi connectivity index (χ1n) is 18.6. The van der Waals surface area contributed by atoms with Crippen LogP contribution in [0.3, 0.4) is 0 Å². The summed E-state index contributed by atoms with van der Waals surface area (Å²) in [6, 6.07) is 34.5. The lowest BCUT2D eigenvalue weighted by atomic mass is 9.95. The zero-order chi connectivity index (χ0) is 34.9. The largest absolute Gasteiger partial charge is 0.159 e. The molecular weight excluding hydrogens is 593 g/mol. The molecule has 4 aromatic rings. The van der Waals surface area contributed by atoms with Crippen LogP contribution < -0.4 is 15.6 Å². The van der Waals surface area contributed by atoms with Gasteiger partial charge in [0, 0.05) is 5.54 Å². The minimum absolute atomic E-state index is 0.243. The highest BCUT2D eigenvalue weighted by atomic mass is 28.3. The van der Waals surface area contributed by atoms with Gasteiger partial charge in [0.05, 0.1) is 0 Å². The van der Waals surface area contributed by atoms with Crippen molar-refractivity contribution in [3.05, 3.63) is 142 Å². The molecule has 1 aliphatic carbocycles. The van der Waals surface area contributed by atoms with Gasteiger partial charge in [-0.15, -0.1) is 0 Å². The summed E-state index contributed by atoms with van der Waals surface area (Å²) in [5.74, 6) is 2.66. The third kappa shape index (κ3) is 6.99. The normalized spacial score (nSPS) is 15.2. The summed E-state index contributed by atoms with van der Waals surface area (Å²) < 4.78 is 0. The highest BCUT2D eigenvalue weighted by molar-refractivity contribution is 7.13. The van der Waals surface area contributed by atoms with Crippen LogP contribution in [-0.2, 0) is 0 Å². The molecule has 0 saturated heterocycles. The minimum Gasteiger partial charge on any atom is -0.0787 e. The van der Waals surface area contributed by atoms with E-state index in [-0.39, 0.29) is 5.54 Å². The summed E-state index contributed by atoms with van der Waals surface area (Å²) in [6.45, 7) is 28.4. The van der Waals surface area contributed by atoms with E-state index in [0.29, 0.717) is 35.5 Å². The first-order valence-corrected chi connectivity index (χ1v) is 20.7. The molecule has 0 saturated carbocycles. The maximum atomic E-state index is 2.63. The van der Waals surface area contributed by atoms with Crippen LogP contribution in [-0.4, -0.2) is 8.07 Å². The second-order valence-corrected chi connectivity index (χ2v) is 20.2. The van der Waals surface area contributed by atoms with E-state index in [4.69, 9.17) is 0 Å². The minimum atomic E-state index is -2.86. The molecule has 1 aliphatic rings. The average molecular weight is 653 g/mol. The van der Waals surface area contributed by atoms with Crippen LogP contribution in [0.4, 0.5) is 0 Å². The zero-order valence-corrected chi connectivity index (χ0v) is 32.9. The predicted octanol–water partition coefficient (Wildman–Crippen LogP) is 11.9. The molecule has 0 radical (unpaired) electrons. The molecule has 0 amide bonds. The Balaban J connectivity index is 2.06. The van der Waals surface area contributed by atoms with E-state index >= 15 is 0 Å². The van der Waals surface area contributed by atoms with E-state index in [1.807, 2.05) is 0 Å². The zero-order valence-electron chi connectivity index (χ0n) is 31.9. The van der Waals surface area contributed by atoms with Gasteiger partial charge in [0.15, 0.2) is 8.07 Å². The molecule has 1 unspecified atom stereocenters. The standard InChI is InChI=1S/C47H60Si/c1-30(2)37-21-38(31(3)4)25-43(24-37)48(44-26-39(32(5)6)22-40(27-44)33(7)8,45-28-41(34(9)10)23-42(29-45)35(11)12)47-20-16-19-46(47)36-17-14-13-15-18-36/h13-35,47H,1-12H3. The van der Waals surface area contributed by atoms with Gasteiger partial charge >= 0.3 is 0 Å². The Hall–Kier alpha value is -3.42. The number of rotatable bonds is 11.